The smallest absolute Gasteiger partial charge is 0.0255 e. The molecule has 2 atom stereocenters. The predicted molar refractivity (Wildman–Crippen MR) is 76.4 cm³/mol. The average Bonchev–Trinajstić information content (AvgIpc) is 2.24. The second-order valence-corrected chi connectivity index (χ2v) is 5.82. The van der Waals surface area contributed by atoms with Crippen LogP contribution in [0.3, 0.4) is 0 Å². The van der Waals surface area contributed by atoms with Gasteiger partial charge in [0.05, 0.1) is 0 Å². The molecule has 0 saturated heterocycles. The maximum atomic E-state index is 3.69. The highest BCUT2D eigenvalue weighted by Gasteiger charge is 2.19. The Labute approximate surface area is 107 Å². The van der Waals surface area contributed by atoms with Gasteiger partial charge in [-0.1, -0.05) is 31.4 Å². The summed E-state index contributed by atoms with van der Waals surface area (Å²) in [5.41, 5.74) is 1.58. The quantitative estimate of drug-likeness (QED) is 0.542. The van der Waals surface area contributed by atoms with Gasteiger partial charge < -0.3 is 10.2 Å². The van der Waals surface area contributed by atoms with Crippen LogP contribution in [0.1, 0.15) is 46.0 Å². The molecule has 1 aliphatic rings. The highest BCUT2D eigenvalue weighted by atomic mass is 15.1. The minimum absolute atomic E-state index is 0.627. The molecule has 0 aromatic rings. The Morgan fingerprint density at radius 1 is 1.41 bits per heavy atom. The molecule has 0 aliphatic heterocycles. The first-order valence-electron chi connectivity index (χ1n) is 7.17. The molecule has 1 aliphatic carbocycles. The number of rotatable bonds is 7. The van der Waals surface area contributed by atoms with Crippen LogP contribution in [0.5, 0.6) is 0 Å². The summed E-state index contributed by atoms with van der Waals surface area (Å²) in [5, 5.41) is 3.69. The molecule has 0 aromatic heterocycles. The standard InChI is InChI=1S/C15H30N2/c1-5-7-14-10-13(2)11-15(12-14)16-8-6-9-17(3)4/h11,14-16H,5-10,12H2,1-4H3/t14-,15+/m0/s1. The van der Waals surface area contributed by atoms with E-state index in [4.69, 9.17) is 0 Å². The molecule has 0 heterocycles. The zero-order valence-electron chi connectivity index (χ0n) is 12.1. The molecular weight excluding hydrogens is 208 g/mol. The van der Waals surface area contributed by atoms with Gasteiger partial charge in [-0.05, 0) is 59.3 Å². The van der Waals surface area contributed by atoms with E-state index in [1.54, 1.807) is 5.57 Å². The first kappa shape index (κ1) is 14.7. The van der Waals surface area contributed by atoms with Crippen molar-refractivity contribution in [3.05, 3.63) is 11.6 Å². The van der Waals surface area contributed by atoms with Gasteiger partial charge in [0.15, 0.2) is 0 Å². The number of hydrogen-bond acceptors (Lipinski definition) is 2. The van der Waals surface area contributed by atoms with Crippen LogP contribution < -0.4 is 5.32 Å². The molecular formula is C15H30N2. The molecule has 100 valence electrons. The average molecular weight is 238 g/mol. The summed E-state index contributed by atoms with van der Waals surface area (Å²) in [6.07, 6.45) is 9.07. The third-order valence-electron chi connectivity index (χ3n) is 3.57. The molecule has 0 spiro atoms. The van der Waals surface area contributed by atoms with Gasteiger partial charge in [0.1, 0.15) is 0 Å². The minimum atomic E-state index is 0.627. The van der Waals surface area contributed by atoms with E-state index < -0.39 is 0 Å². The van der Waals surface area contributed by atoms with Crippen molar-refractivity contribution in [1.82, 2.24) is 10.2 Å². The van der Waals surface area contributed by atoms with E-state index in [1.165, 1.54) is 38.6 Å². The van der Waals surface area contributed by atoms with Gasteiger partial charge in [-0.2, -0.15) is 0 Å². The van der Waals surface area contributed by atoms with Crippen LogP contribution in [0, 0.1) is 5.92 Å². The molecule has 1 N–H and O–H groups in total. The fraction of sp³-hybridized carbons (Fsp3) is 0.867. The molecule has 0 amide bonds. The summed E-state index contributed by atoms with van der Waals surface area (Å²) in [6, 6.07) is 0.627. The lowest BCUT2D eigenvalue weighted by molar-refractivity contribution is 0.355. The molecule has 0 saturated carbocycles. The zero-order valence-corrected chi connectivity index (χ0v) is 12.1. The molecule has 0 fully saturated rings. The largest absolute Gasteiger partial charge is 0.310 e. The Balaban J connectivity index is 2.25. The fourth-order valence-corrected chi connectivity index (χ4v) is 2.83. The predicted octanol–water partition coefficient (Wildman–Crippen LogP) is 3.05. The summed E-state index contributed by atoms with van der Waals surface area (Å²) in [6.45, 7) is 6.91. The monoisotopic (exact) mass is 238 g/mol. The van der Waals surface area contributed by atoms with Crippen LogP contribution in [0.25, 0.3) is 0 Å². The van der Waals surface area contributed by atoms with E-state index in [-0.39, 0.29) is 0 Å². The van der Waals surface area contributed by atoms with Crippen molar-refractivity contribution < 1.29 is 0 Å². The van der Waals surface area contributed by atoms with Gasteiger partial charge in [0.2, 0.25) is 0 Å². The molecule has 0 aromatic carbocycles. The lowest BCUT2D eigenvalue weighted by Gasteiger charge is -2.28. The summed E-state index contributed by atoms with van der Waals surface area (Å²) in [7, 11) is 4.28. The lowest BCUT2D eigenvalue weighted by Crippen LogP contribution is -2.34. The third-order valence-corrected chi connectivity index (χ3v) is 3.57. The van der Waals surface area contributed by atoms with Crippen LogP contribution in [-0.2, 0) is 0 Å². The summed E-state index contributed by atoms with van der Waals surface area (Å²) in [5.74, 6) is 0.913. The summed E-state index contributed by atoms with van der Waals surface area (Å²) >= 11 is 0. The second kappa shape index (κ2) is 7.88. The maximum Gasteiger partial charge on any atom is 0.0255 e. The van der Waals surface area contributed by atoms with Crippen molar-refractivity contribution in [1.29, 1.82) is 0 Å². The normalized spacial score (nSPS) is 25.1. The van der Waals surface area contributed by atoms with Crippen molar-refractivity contribution in [3.63, 3.8) is 0 Å². The first-order valence-corrected chi connectivity index (χ1v) is 7.17. The Morgan fingerprint density at radius 3 is 2.82 bits per heavy atom. The van der Waals surface area contributed by atoms with E-state index in [0.717, 1.165) is 12.5 Å². The van der Waals surface area contributed by atoms with E-state index in [9.17, 15) is 0 Å². The van der Waals surface area contributed by atoms with Gasteiger partial charge in [-0.15, -0.1) is 0 Å². The van der Waals surface area contributed by atoms with E-state index >= 15 is 0 Å². The topological polar surface area (TPSA) is 15.3 Å². The van der Waals surface area contributed by atoms with Crippen LogP contribution in [0.2, 0.25) is 0 Å². The highest BCUT2D eigenvalue weighted by molar-refractivity contribution is 5.09. The molecule has 0 unspecified atom stereocenters. The summed E-state index contributed by atoms with van der Waals surface area (Å²) in [4.78, 5) is 2.25. The van der Waals surface area contributed by atoms with Crippen molar-refractivity contribution >= 4 is 0 Å². The number of hydrogen-bond donors (Lipinski definition) is 1. The Morgan fingerprint density at radius 2 is 2.18 bits per heavy atom. The Bertz CT molecular complexity index is 233. The van der Waals surface area contributed by atoms with Crippen molar-refractivity contribution in [2.24, 2.45) is 5.92 Å². The molecule has 0 bridgehead atoms. The van der Waals surface area contributed by atoms with Gasteiger partial charge in [-0.3, -0.25) is 0 Å². The molecule has 1 rings (SSSR count). The highest BCUT2D eigenvalue weighted by Crippen LogP contribution is 2.27. The minimum Gasteiger partial charge on any atom is -0.310 e. The number of nitrogens with one attached hydrogen (secondary N) is 1. The second-order valence-electron chi connectivity index (χ2n) is 5.82. The van der Waals surface area contributed by atoms with E-state index in [2.05, 4.69) is 44.2 Å². The molecule has 2 nitrogen and oxygen atoms in total. The Hall–Kier alpha value is -0.340. The first-order chi connectivity index (χ1) is 8.11. The molecule has 2 heteroatoms. The SMILES string of the molecule is CCC[C@H]1CC(C)=C[C@@H](NCCCN(C)C)C1. The zero-order chi connectivity index (χ0) is 12.7. The number of nitrogens with zero attached hydrogens (tertiary/aromatic N) is 1. The van der Waals surface area contributed by atoms with E-state index in [1.807, 2.05) is 0 Å². The van der Waals surface area contributed by atoms with Crippen LogP contribution in [0.4, 0.5) is 0 Å². The van der Waals surface area contributed by atoms with Gasteiger partial charge >= 0.3 is 0 Å². The van der Waals surface area contributed by atoms with Gasteiger partial charge in [0.25, 0.3) is 0 Å². The lowest BCUT2D eigenvalue weighted by atomic mass is 9.84. The Kier molecular flexibility index (Phi) is 6.83. The van der Waals surface area contributed by atoms with Crippen molar-refractivity contribution in [2.75, 3.05) is 27.2 Å². The van der Waals surface area contributed by atoms with Crippen LogP contribution in [-0.4, -0.2) is 38.1 Å². The maximum absolute atomic E-state index is 3.69. The number of allylic oxidation sites excluding steroid dienone is 1. The summed E-state index contributed by atoms with van der Waals surface area (Å²) < 4.78 is 0. The van der Waals surface area contributed by atoms with Gasteiger partial charge in [0, 0.05) is 6.04 Å². The van der Waals surface area contributed by atoms with E-state index in [0.29, 0.717) is 6.04 Å². The van der Waals surface area contributed by atoms with Gasteiger partial charge in [-0.25, -0.2) is 0 Å². The fourth-order valence-electron chi connectivity index (χ4n) is 2.83. The molecule has 17 heavy (non-hydrogen) atoms. The van der Waals surface area contributed by atoms with Crippen molar-refractivity contribution in [2.45, 2.75) is 52.0 Å². The van der Waals surface area contributed by atoms with Crippen LogP contribution >= 0.6 is 0 Å². The third kappa shape index (κ3) is 6.23. The molecule has 0 radical (unpaired) electrons. The van der Waals surface area contributed by atoms with Crippen LogP contribution in [0.15, 0.2) is 11.6 Å². The van der Waals surface area contributed by atoms with Crippen molar-refractivity contribution in [3.8, 4) is 0 Å².